The molecular formula is C9H10O2. The van der Waals surface area contributed by atoms with Gasteiger partial charge in [-0.05, 0) is 25.0 Å². The molecule has 1 aromatic rings. The Balaban J connectivity index is 2.59. The minimum atomic E-state index is 0.104. The van der Waals surface area contributed by atoms with Gasteiger partial charge in [-0.3, -0.25) is 0 Å². The van der Waals surface area contributed by atoms with Gasteiger partial charge < -0.3 is 9.52 Å². The van der Waals surface area contributed by atoms with E-state index in [1.165, 1.54) is 0 Å². The molecule has 0 aliphatic carbocycles. The topological polar surface area (TPSA) is 33.4 Å². The summed E-state index contributed by atoms with van der Waals surface area (Å²) in [6.45, 7) is 1.98. The van der Waals surface area contributed by atoms with Gasteiger partial charge in [0.05, 0.1) is 6.61 Å². The third-order valence-electron chi connectivity index (χ3n) is 1.19. The smallest absolute Gasteiger partial charge is 0.177 e. The number of aliphatic hydroxyl groups excluding tert-OH is 1. The van der Waals surface area contributed by atoms with Crippen LogP contribution in [0.1, 0.15) is 17.9 Å². The molecule has 58 valence electrons. The lowest BCUT2D eigenvalue weighted by molar-refractivity contribution is 0.305. The third kappa shape index (κ3) is 2.48. The van der Waals surface area contributed by atoms with Gasteiger partial charge in [-0.25, -0.2) is 0 Å². The van der Waals surface area contributed by atoms with Crippen molar-refractivity contribution in [1.82, 2.24) is 0 Å². The van der Waals surface area contributed by atoms with Gasteiger partial charge in [-0.15, -0.1) is 0 Å². The van der Waals surface area contributed by atoms with Gasteiger partial charge in [-0.1, -0.05) is 5.92 Å². The minimum Gasteiger partial charge on any atom is -0.453 e. The summed E-state index contributed by atoms with van der Waals surface area (Å²) in [5.74, 6) is 7.08. The second-order valence-electron chi connectivity index (χ2n) is 2.19. The average Bonchev–Trinajstić information content (AvgIpc) is 2.37. The molecule has 2 nitrogen and oxygen atoms in total. The van der Waals surface area contributed by atoms with Crippen LogP contribution in [0.3, 0.4) is 0 Å². The Labute approximate surface area is 65.8 Å². The van der Waals surface area contributed by atoms with Crippen molar-refractivity contribution in [2.45, 2.75) is 13.3 Å². The highest BCUT2D eigenvalue weighted by molar-refractivity contribution is 5.25. The molecule has 0 aliphatic heterocycles. The Bertz CT molecular complexity index is 275. The van der Waals surface area contributed by atoms with E-state index in [9.17, 15) is 0 Å². The van der Waals surface area contributed by atoms with E-state index in [1.54, 1.807) is 0 Å². The van der Waals surface area contributed by atoms with Crippen molar-refractivity contribution in [3.8, 4) is 11.8 Å². The Morgan fingerprint density at radius 2 is 2.36 bits per heavy atom. The maximum absolute atomic E-state index is 8.42. The highest BCUT2D eigenvalue weighted by Crippen LogP contribution is 2.03. The summed E-state index contributed by atoms with van der Waals surface area (Å²) in [5.41, 5.74) is 0. The van der Waals surface area contributed by atoms with Crippen molar-refractivity contribution in [1.29, 1.82) is 0 Å². The van der Waals surface area contributed by atoms with Crippen molar-refractivity contribution in [2.24, 2.45) is 0 Å². The van der Waals surface area contributed by atoms with Gasteiger partial charge in [0.1, 0.15) is 5.76 Å². The van der Waals surface area contributed by atoms with E-state index in [1.807, 2.05) is 19.1 Å². The fraction of sp³-hybridized carbons (Fsp3) is 0.333. The van der Waals surface area contributed by atoms with Crippen molar-refractivity contribution in [3.05, 3.63) is 23.7 Å². The minimum absolute atomic E-state index is 0.104. The van der Waals surface area contributed by atoms with Crippen LogP contribution in [0.25, 0.3) is 0 Å². The second-order valence-corrected chi connectivity index (χ2v) is 2.19. The fourth-order valence-corrected chi connectivity index (χ4v) is 0.707. The molecular weight excluding hydrogens is 140 g/mol. The monoisotopic (exact) mass is 150 g/mol. The van der Waals surface area contributed by atoms with Gasteiger partial charge >= 0.3 is 0 Å². The third-order valence-corrected chi connectivity index (χ3v) is 1.19. The zero-order valence-corrected chi connectivity index (χ0v) is 6.42. The number of rotatable bonds is 1. The van der Waals surface area contributed by atoms with Crippen LogP contribution in [0, 0.1) is 18.8 Å². The fourth-order valence-electron chi connectivity index (χ4n) is 0.707. The van der Waals surface area contributed by atoms with Gasteiger partial charge in [-0.2, -0.15) is 0 Å². The molecule has 1 aromatic heterocycles. The Morgan fingerprint density at radius 1 is 1.55 bits per heavy atom. The van der Waals surface area contributed by atoms with Crippen LogP contribution in [0.5, 0.6) is 0 Å². The molecule has 0 unspecified atom stereocenters. The zero-order chi connectivity index (χ0) is 8.10. The largest absolute Gasteiger partial charge is 0.453 e. The first-order chi connectivity index (χ1) is 5.33. The molecule has 0 radical (unpaired) electrons. The summed E-state index contributed by atoms with van der Waals surface area (Å²) in [4.78, 5) is 0. The molecule has 11 heavy (non-hydrogen) atoms. The van der Waals surface area contributed by atoms with E-state index in [2.05, 4.69) is 11.8 Å². The SMILES string of the molecule is Cc1ccc(C#CCCO)o1. The Morgan fingerprint density at radius 3 is 2.91 bits per heavy atom. The molecule has 1 N–H and O–H groups in total. The van der Waals surface area contributed by atoms with Crippen LogP contribution in [-0.4, -0.2) is 11.7 Å². The van der Waals surface area contributed by atoms with Crippen LogP contribution in [0.4, 0.5) is 0 Å². The Kier molecular flexibility index (Phi) is 2.76. The number of hydrogen-bond donors (Lipinski definition) is 1. The standard InChI is InChI=1S/C9H10O2/c1-8-5-6-9(11-8)4-2-3-7-10/h5-6,10H,3,7H2,1H3. The van der Waals surface area contributed by atoms with Crippen molar-refractivity contribution in [3.63, 3.8) is 0 Å². The highest BCUT2D eigenvalue weighted by Gasteiger charge is 1.90. The molecule has 0 saturated carbocycles. The maximum Gasteiger partial charge on any atom is 0.177 e. The first kappa shape index (κ1) is 7.90. The van der Waals surface area contributed by atoms with E-state index in [4.69, 9.17) is 9.52 Å². The predicted molar refractivity (Wildman–Crippen MR) is 42.0 cm³/mol. The molecule has 0 fully saturated rings. The van der Waals surface area contributed by atoms with Crippen molar-refractivity contribution >= 4 is 0 Å². The highest BCUT2D eigenvalue weighted by atomic mass is 16.3. The number of aliphatic hydroxyl groups is 1. The summed E-state index contributed by atoms with van der Waals surface area (Å²) in [7, 11) is 0. The first-order valence-electron chi connectivity index (χ1n) is 3.49. The van der Waals surface area contributed by atoms with Crippen LogP contribution >= 0.6 is 0 Å². The van der Waals surface area contributed by atoms with E-state index in [0.29, 0.717) is 12.2 Å². The molecule has 0 spiro atoms. The van der Waals surface area contributed by atoms with Gasteiger partial charge in [0, 0.05) is 6.42 Å². The normalized spacial score (nSPS) is 8.91. The van der Waals surface area contributed by atoms with E-state index >= 15 is 0 Å². The molecule has 0 bridgehead atoms. The number of aryl methyl sites for hydroxylation is 1. The molecule has 0 aliphatic rings. The van der Waals surface area contributed by atoms with Gasteiger partial charge in [0.2, 0.25) is 0 Å². The predicted octanol–water partition coefficient (Wildman–Crippen LogP) is 1.32. The Hall–Kier alpha value is -1.20. The summed E-state index contributed by atoms with van der Waals surface area (Å²) in [5, 5.41) is 8.42. The zero-order valence-electron chi connectivity index (χ0n) is 6.42. The van der Waals surface area contributed by atoms with Crippen LogP contribution in [-0.2, 0) is 0 Å². The molecule has 2 heteroatoms. The van der Waals surface area contributed by atoms with E-state index < -0.39 is 0 Å². The quantitative estimate of drug-likeness (QED) is 0.612. The molecule has 1 rings (SSSR count). The number of hydrogen-bond acceptors (Lipinski definition) is 2. The molecule has 1 heterocycles. The molecule has 0 amide bonds. The summed E-state index contributed by atoms with van der Waals surface area (Å²) >= 11 is 0. The second kappa shape index (κ2) is 3.85. The molecule has 0 saturated heterocycles. The van der Waals surface area contributed by atoms with Crippen LogP contribution in [0.2, 0.25) is 0 Å². The lowest BCUT2D eigenvalue weighted by Crippen LogP contribution is -1.75. The van der Waals surface area contributed by atoms with Crippen molar-refractivity contribution in [2.75, 3.05) is 6.61 Å². The van der Waals surface area contributed by atoms with E-state index in [-0.39, 0.29) is 6.61 Å². The summed E-state index contributed by atoms with van der Waals surface area (Å²) in [6, 6.07) is 3.68. The van der Waals surface area contributed by atoms with E-state index in [0.717, 1.165) is 5.76 Å². The lowest BCUT2D eigenvalue weighted by atomic mass is 10.4. The lowest BCUT2D eigenvalue weighted by Gasteiger charge is -1.80. The first-order valence-corrected chi connectivity index (χ1v) is 3.49. The van der Waals surface area contributed by atoms with Gasteiger partial charge in [0.25, 0.3) is 0 Å². The number of furan rings is 1. The van der Waals surface area contributed by atoms with Crippen LogP contribution < -0.4 is 0 Å². The molecule has 0 aromatic carbocycles. The van der Waals surface area contributed by atoms with Crippen LogP contribution in [0.15, 0.2) is 16.5 Å². The average molecular weight is 150 g/mol. The summed E-state index contributed by atoms with van der Waals surface area (Å²) in [6.07, 6.45) is 0.500. The summed E-state index contributed by atoms with van der Waals surface area (Å²) < 4.78 is 5.17. The maximum atomic E-state index is 8.42. The molecule has 0 atom stereocenters. The van der Waals surface area contributed by atoms with Gasteiger partial charge in [0.15, 0.2) is 5.76 Å². The van der Waals surface area contributed by atoms with Crippen molar-refractivity contribution < 1.29 is 9.52 Å².